The van der Waals surface area contributed by atoms with Gasteiger partial charge in [0, 0.05) is 18.3 Å². The highest BCUT2D eigenvalue weighted by molar-refractivity contribution is 5.80. The average molecular weight is 237 g/mol. The molecule has 0 aliphatic rings. The second-order valence-corrected chi connectivity index (χ2v) is 3.53. The Balaban J connectivity index is 2.70. The molecule has 1 heterocycles. The lowest BCUT2D eigenvalue weighted by molar-refractivity contribution is -0.152. The number of pyridine rings is 1. The molecule has 0 bridgehead atoms. The molecule has 5 nitrogen and oxygen atoms in total. The van der Waals surface area contributed by atoms with Crippen LogP contribution in [0.2, 0.25) is 0 Å². The molecule has 0 saturated carbocycles. The summed E-state index contributed by atoms with van der Waals surface area (Å²) in [5.41, 5.74) is 0.742. The van der Waals surface area contributed by atoms with Crippen molar-refractivity contribution >= 4 is 11.9 Å². The van der Waals surface area contributed by atoms with Crippen molar-refractivity contribution in [1.82, 2.24) is 4.98 Å². The molecule has 0 amide bonds. The van der Waals surface area contributed by atoms with Gasteiger partial charge in [0.2, 0.25) is 0 Å². The van der Waals surface area contributed by atoms with Gasteiger partial charge < -0.3 is 9.47 Å². The predicted octanol–water partition coefficient (Wildman–Crippen LogP) is 0.976. The van der Waals surface area contributed by atoms with E-state index in [1.54, 1.807) is 18.3 Å². The van der Waals surface area contributed by atoms with E-state index in [0.717, 1.165) is 5.69 Å². The lowest BCUT2D eigenvalue weighted by Gasteiger charge is -2.12. The number of esters is 2. The van der Waals surface area contributed by atoms with Crippen LogP contribution in [0.5, 0.6) is 0 Å². The molecule has 92 valence electrons. The molecule has 1 atom stereocenters. The molecule has 0 fully saturated rings. The van der Waals surface area contributed by atoms with E-state index in [-0.39, 0.29) is 6.42 Å². The van der Waals surface area contributed by atoms with Gasteiger partial charge in [-0.1, -0.05) is 6.07 Å². The van der Waals surface area contributed by atoms with Crippen LogP contribution in [-0.2, 0) is 25.5 Å². The molecule has 0 radical (unpaired) electrons. The molecule has 0 spiro atoms. The van der Waals surface area contributed by atoms with Crippen LogP contribution in [0.1, 0.15) is 12.1 Å². The van der Waals surface area contributed by atoms with Gasteiger partial charge in [-0.2, -0.15) is 0 Å². The summed E-state index contributed by atoms with van der Waals surface area (Å²) in [4.78, 5) is 26.8. The Labute approximate surface area is 99.8 Å². The van der Waals surface area contributed by atoms with E-state index in [9.17, 15) is 9.59 Å². The van der Waals surface area contributed by atoms with Gasteiger partial charge in [0.05, 0.1) is 26.6 Å². The van der Waals surface area contributed by atoms with Crippen LogP contribution in [0.15, 0.2) is 24.4 Å². The Morgan fingerprint density at radius 2 is 2.06 bits per heavy atom. The van der Waals surface area contributed by atoms with Crippen LogP contribution in [0.25, 0.3) is 0 Å². The Morgan fingerprint density at radius 1 is 1.29 bits per heavy atom. The number of carbonyl (C=O) groups excluding carboxylic acids is 2. The second kappa shape index (κ2) is 6.62. The van der Waals surface area contributed by atoms with Gasteiger partial charge in [-0.25, -0.2) is 0 Å². The van der Waals surface area contributed by atoms with E-state index in [1.165, 1.54) is 14.2 Å². The van der Waals surface area contributed by atoms with Crippen molar-refractivity contribution in [3.63, 3.8) is 0 Å². The summed E-state index contributed by atoms with van der Waals surface area (Å²) in [6.07, 6.45) is 2.00. The fraction of sp³-hybridized carbons (Fsp3) is 0.417. The van der Waals surface area contributed by atoms with Crippen LogP contribution in [-0.4, -0.2) is 31.1 Å². The van der Waals surface area contributed by atoms with Crippen molar-refractivity contribution in [3.8, 4) is 0 Å². The minimum absolute atomic E-state index is 0.000250. The third-order valence-electron chi connectivity index (χ3n) is 2.36. The van der Waals surface area contributed by atoms with Crippen LogP contribution in [0.3, 0.4) is 0 Å². The summed E-state index contributed by atoms with van der Waals surface area (Å²) >= 11 is 0. The Kier molecular flexibility index (Phi) is 5.13. The molecule has 5 heteroatoms. The van der Waals surface area contributed by atoms with Crippen molar-refractivity contribution in [3.05, 3.63) is 30.1 Å². The first-order valence-corrected chi connectivity index (χ1v) is 5.22. The number of methoxy groups -OCH3 is 2. The van der Waals surface area contributed by atoms with Crippen molar-refractivity contribution in [2.24, 2.45) is 5.92 Å². The highest BCUT2D eigenvalue weighted by Gasteiger charge is 2.23. The first-order valence-electron chi connectivity index (χ1n) is 5.22. The fourth-order valence-corrected chi connectivity index (χ4v) is 1.46. The van der Waals surface area contributed by atoms with Crippen LogP contribution in [0.4, 0.5) is 0 Å². The van der Waals surface area contributed by atoms with Crippen molar-refractivity contribution in [2.75, 3.05) is 14.2 Å². The Hall–Kier alpha value is -1.91. The molecule has 0 aliphatic heterocycles. The topological polar surface area (TPSA) is 65.5 Å². The molecule has 0 aromatic carbocycles. The molecule has 17 heavy (non-hydrogen) atoms. The quantitative estimate of drug-likeness (QED) is 0.714. The monoisotopic (exact) mass is 237 g/mol. The summed E-state index contributed by atoms with van der Waals surface area (Å²) in [5.74, 6) is -1.42. The SMILES string of the molecule is COC(=O)CC(Cc1ccccn1)C(=O)OC. The summed E-state index contributed by atoms with van der Waals surface area (Å²) in [6.45, 7) is 0. The Morgan fingerprint density at radius 3 is 2.59 bits per heavy atom. The van der Waals surface area contributed by atoms with Crippen LogP contribution >= 0.6 is 0 Å². The summed E-state index contributed by atoms with van der Waals surface area (Å²) in [7, 11) is 2.59. The van der Waals surface area contributed by atoms with Gasteiger partial charge in [-0.3, -0.25) is 14.6 Å². The molecule has 1 aromatic rings. The van der Waals surface area contributed by atoms with Gasteiger partial charge in [0.1, 0.15) is 0 Å². The zero-order chi connectivity index (χ0) is 12.7. The molecule has 0 N–H and O–H groups in total. The molecular weight excluding hydrogens is 222 g/mol. The molecule has 0 aliphatic carbocycles. The van der Waals surface area contributed by atoms with E-state index in [1.807, 2.05) is 6.07 Å². The maximum absolute atomic E-state index is 11.5. The van der Waals surface area contributed by atoms with Gasteiger partial charge >= 0.3 is 11.9 Å². The van der Waals surface area contributed by atoms with Crippen molar-refractivity contribution in [2.45, 2.75) is 12.8 Å². The second-order valence-electron chi connectivity index (χ2n) is 3.53. The number of hydrogen-bond donors (Lipinski definition) is 0. The molecule has 1 unspecified atom stereocenters. The summed E-state index contributed by atoms with van der Waals surface area (Å²) in [6, 6.07) is 5.42. The number of aromatic nitrogens is 1. The third kappa shape index (κ3) is 4.22. The van der Waals surface area contributed by atoms with Gasteiger partial charge in [0.25, 0.3) is 0 Å². The number of carbonyl (C=O) groups is 2. The highest BCUT2D eigenvalue weighted by Crippen LogP contribution is 2.13. The minimum atomic E-state index is -0.553. The van der Waals surface area contributed by atoms with Crippen LogP contribution < -0.4 is 0 Å². The zero-order valence-corrected chi connectivity index (χ0v) is 9.88. The number of nitrogens with zero attached hydrogens (tertiary/aromatic N) is 1. The first kappa shape index (κ1) is 13.2. The summed E-state index contributed by atoms with van der Waals surface area (Å²) < 4.78 is 9.20. The Bertz CT molecular complexity index is 377. The fourth-order valence-electron chi connectivity index (χ4n) is 1.46. The molecule has 1 rings (SSSR count). The van der Waals surface area contributed by atoms with E-state index in [2.05, 4.69) is 14.5 Å². The van der Waals surface area contributed by atoms with Crippen molar-refractivity contribution < 1.29 is 19.1 Å². The molecule has 1 aromatic heterocycles. The summed E-state index contributed by atoms with van der Waals surface area (Å²) in [5, 5.41) is 0. The first-order chi connectivity index (χ1) is 8.17. The van der Waals surface area contributed by atoms with Gasteiger partial charge in [-0.05, 0) is 12.1 Å². The predicted molar refractivity (Wildman–Crippen MR) is 60.1 cm³/mol. The maximum Gasteiger partial charge on any atom is 0.309 e. The number of rotatable bonds is 5. The van der Waals surface area contributed by atoms with Gasteiger partial charge in [-0.15, -0.1) is 0 Å². The normalized spacial score (nSPS) is 11.6. The zero-order valence-electron chi connectivity index (χ0n) is 9.88. The van der Waals surface area contributed by atoms with E-state index in [4.69, 9.17) is 0 Å². The molecule has 0 saturated heterocycles. The lowest BCUT2D eigenvalue weighted by atomic mass is 9.99. The van der Waals surface area contributed by atoms with Crippen LogP contribution in [0, 0.1) is 5.92 Å². The van der Waals surface area contributed by atoms with E-state index < -0.39 is 17.9 Å². The lowest BCUT2D eigenvalue weighted by Crippen LogP contribution is -2.23. The maximum atomic E-state index is 11.5. The minimum Gasteiger partial charge on any atom is -0.469 e. The van der Waals surface area contributed by atoms with Crippen molar-refractivity contribution in [1.29, 1.82) is 0 Å². The smallest absolute Gasteiger partial charge is 0.309 e. The largest absolute Gasteiger partial charge is 0.469 e. The highest BCUT2D eigenvalue weighted by atomic mass is 16.5. The number of ether oxygens (including phenoxy) is 2. The standard InChI is InChI=1S/C12H15NO4/c1-16-11(14)8-9(12(15)17-2)7-10-5-3-4-6-13-10/h3-6,9H,7-8H2,1-2H3. The molecular formula is C12H15NO4. The van der Waals surface area contributed by atoms with E-state index in [0.29, 0.717) is 6.42 Å². The number of hydrogen-bond acceptors (Lipinski definition) is 5. The third-order valence-corrected chi connectivity index (χ3v) is 2.36. The average Bonchev–Trinajstić information content (AvgIpc) is 2.38. The van der Waals surface area contributed by atoms with Gasteiger partial charge in [0.15, 0.2) is 0 Å². The van der Waals surface area contributed by atoms with E-state index >= 15 is 0 Å².